The van der Waals surface area contributed by atoms with Crippen LogP contribution >= 0.6 is 12.4 Å². The van der Waals surface area contributed by atoms with E-state index in [0.29, 0.717) is 16.6 Å². The number of rotatable bonds is 1. The number of nitrogens with two attached hydrogens (primary N) is 1. The molecule has 1 aromatic carbocycles. The standard InChI is InChI=1S/C10H8F2N2.ClH/c11-10(12)6-1-2-9-7(3-6)4-8(13)5-14-9;/h1-5,10H,13H2;1H. The Morgan fingerprint density at radius 1 is 1.20 bits per heavy atom. The van der Waals surface area contributed by atoms with Crippen LogP contribution in [0.4, 0.5) is 14.5 Å². The van der Waals surface area contributed by atoms with Crippen LogP contribution in [0.25, 0.3) is 10.9 Å². The van der Waals surface area contributed by atoms with Crippen molar-refractivity contribution in [1.29, 1.82) is 0 Å². The molecule has 80 valence electrons. The predicted octanol–water partition coefficient (Wildman–Crippen LogP) is 3.18. The SMILES string of the molecule is Cl.Nc1cnc2ccc(C(F)F)cc2c1. The van der Waals surface area contributed by atoms with Crippen molar-refractivity contribution in [3.05, 3.63) is 36.0 Å². The van der Waals surface area contributed by atoms with Gasteiger partial charge in [0.15, 0.2) is 0 Å². The van der Waals surface area contributed by atoms with E-state index in [1.165, 1.54) is 18.3 Å². The molecule has 1 heterocycles. The number of anilines is 1. The molecule has 0 bridgehead atoms. The summed E-state index contributed by atoms with van der Waals surface area (Å²) in [6.07, 6.45) is -0.953. The van der Waals surface area contributed by atoms with Crippen molar-refractivity contribution < 1.29 is 8.78 Å². The van der Waals surface area contributed by atoms with Crippen molar-refractivity contribution in [3.8, 4) is 0 Å². The Morgan fingerprint density at radius 2 is 1.93 bits per heavy atom. The fourth-order valence-corrected chi connectivity index (χ4v) is 1.30. The van der Waals surface area contributed by atoms with Gasteiger partial charge in [0.2, 0.25) is 0 Å². The molecule has 15 heavy (non-hydrogen) atoms. The van der Waals surface area contributed by atoms with Crippen LogP contribution in [0.15, 0.2) is 30.5 Å². The van der Waals surface area contributed by atoms with Crippen LogP contribution in [0.3, 0.4) is 0 Å². The molecular weight excluding hydrogens is 222 g/mol. The second-order valence-corrected chi connectivity index (χ2v) is 3.02. The number of nitrogen functional groups attached to an aromatic ring is 1. The molecular formula is C10H9ClF2N2. The lowest BCUT2D eigenvalue weighted by atomic mass is 10.1. The number of halogens is 3. The second kappa shape index (κ2) is 4.40. The van der Waals surface area contributed by atoms with Crippen LogP contribution in [0.2, 0.25) is 0 Å². The third-order valence-electron chi connectivity index (χ3n) is 1.98. The molecule has 2 aromatic rings. The predicted molar refractivity (Wildman–Crippen MR) is 58.4 cm³/mol. The van der Waals surface area contributed by atoms with Gasteiger partial charge in [0, 0.05) is 10.9 Å². The van der Waals surface area contributed by atoms with Gasteiger partial charge in [-0.05, 0) is 18.2 Å². The van der Waals surface area contributed by atoms with Crippen LogP contribution in [0.1, 0.15) is 12.0 Å². The van der Waals surface area contributed by atoms with Crippen molar-refractivity contribution in [3.63, 3.8) is 0 Å². The lowest BCUT2D eigenvalue weighted by molar-refractivity contribution is 0.151. The summed E-state index contributed by atoms with van der Waals surface area (Å²) >= 11 is 0. The molecule has 1 aromatic heterocycles. The Bertz CT molecular complexity index is 474. The normalized spacial score (nSPS) is 10.3. The fraction of sp³-hybridized carbons (Fsp3) is 0.100. The van der Waals surface area contributed by atoms with E-state index in [4.69, 9.17) is 5.73 Å². The molecule has 0 spiro atoms. The summed E-state index contributed by atoms with van der Waals surface area (Å²) in [4.78, 5) is 4.01. The van der Waals surface area contributed by atoms with E-state index in [1.807, 2.05) is 0 Å². The van der Waals surface area contributed by atoms with Crippen LogP contribution in [0.5, 0.6) is 0 Å². The summed E-state index contributed by atoms with van der Waals surface area (Å²) in [6, 6.07) is 5.98. The van der Waals surface area contributed by atoms with E-state index >= 15 is 0 Å². The summed E-state index contributed by atoms with van der Waals surface area (Å²) in [5.74, 6) is 0. The molecule has 0 saturated carbocycles. The Labute approximate surface area is 91.5 Å². The van der Waals surface area contributed by atoms with E-state index in [2.05, 4.69) is 4.98 Å². The van der Waals surface area contributed by atoms with Crippen molar-refractivity contribution in [2.24, 2.45) is 0 Å². The van der Waals surface area contributed by atoms with Gasteiger partial charge in [0.1, 0.15) is 0 Å². The van der Waals surface area contributed by atoms with Gasteiger partial charge in [-0.3, -0.25) is 4.98 Å². The molecule has 5 heteroatoms. The van der Waals surface area contributed by atoms with Gasteiger partial charge in [-0.15, -0.1) is 12.4 Å². The zero-order chi connectivity index (χ0) is 10.1. The number of hydrogen-bond donors (Lipinski definition) is 1. The highest BCUT2D eigenvalue weighted by Crippen LogP contribution is 2.23. The number of alkyl halides is 2. The van der Waals surface area contributed by atoms with Gasteiger partial charge < -0.3 is 5.73 Å². The number of nitrogens with zero attached hydrogens (tertiary/aromatic N) is 1. The van der Waals surface area contributed by atoms with Gasteiger partial charge in [-0.1, -0.05) is 6.07 Å². The first-order valence-electron chi connectivity index (χ1n) is 4.10. The minimum Gasteiger partial charge on any atom is -0.397 e. The monoisotopic (exact) mass is 230 g/mol. The highest BCUT2D eigenvalue weighted by atomic mass is 35.5. The van der Waals surface area contributed by atoms with Crippen molar-refractivity contribution in [2.75, 3.05) is 5.73 Å². The molecule has 2 nitrogen and oxygen atoms in total. The second-order valence-electron chi connectivity index (χ2n) is 3.02. The van der Waals surface area contributed by atoms with E-state index < -0.39 is 6.43 Å². The van der Waals surface area contributed by atoms with E-state index in [-0.39, 0.29) is 18.0 Å². The van der Waals surface area contributed by atoms with Crippen molar-refractivity contribution in [2.45, 2.75) is 6.43 Å². The minimum atomic E-state index is -2.46. The van der Waals surface area contributed by atoms with Gasteiger partial charge in [0.05, 0.1) is 17.4 Å². The maximum absolute atomic E-state index is 12.3. The Kier molecular flexibility index (Phi) is 3.42. The number of hydrogen-bond acceptors (Lipinski definition) is 2. The first kappa shape index (κ1) is 11.7. The van der Waals surface area contributed by atoms with Gasteiger partial charge in [-0.2, -0.15) is 0 Å². The fourth-order valence-electron chi connectivity index (χ4n) is 1.30. The third-order valence-corrected chi connectivity index (χ3v) is 1.98. The average molecular weight is 231 g/mol. The topological polar surface area (TPSA) is 38.9 Å². The Hall–Kier alpha value is -1.42. The molecule has 2 rings (SSSR count). The average Bonchev–Trinajstić information content (AvgIpc) is 2.16. The van der Waals surface area contributed by atoms with Crippen molar-refractivity contribution >= 4 is 29.0 Å². The minimum absolute atomic E-state index is 0. The molecule has 0 aliphatic rings. The molecule has 0 fully saturated rings. The van der Waals surface area contributed by atoms with Crippen LogP contribution in [0, 0.1) is 0 Å². The molecule has 0 aliphatic heterocycles. The highest BCUT2D eigenvalue weighted by molar-refractivity contribution is 5.85. The smallest absolute Gasteiger partial charge is 0.263 e. The summed E-state index contributed by atoms with van der Waals surface area (Å²) < 4.78 is 24.7. The molecule has 0 radical (unpaired) electrons. The summed E-state index contributed by atoms with van der Waals surface area (Å²) in [5.41, 5.74) is 6.64. The zero-order valence-electron chi connectivity index (χ0n) is 7.65. The maximum atomic E-state index is 12.3. The molecule has 0 unspecified atom stereocenters. The lowest BCUT2D eigenvalue weighted by Crippen LogP contribution is -1.89. The Morgan fingerprint density at radius 3 is 2.60 bits per heavy atom. The zero-order valence-corrected chi connectivity index (χ0v) is 8.47. The molecule has 2 N–H and O–H groups in total. The van der Waals surface area contributed by atoms with Gasteiger partial charge in [0.25, 0.3) is 6.43 Å². The largest absolute Gasteiger partial charge is 0.397 e. The van der Waals surface area contributed by atoms with E-state index in [1.54, 1.807) is 12.1 Å². The van der Waals surface area contributed by atoms with Gasteiger partial charge >= 0.3 is 0 Å². The molecule has 0 atom stereocenters. The third kappa shape index (κ3) is 2.33. The van der Waals surface area contributed by atoms with Crippen LogP contribution in [-0.4, -0.2) is 4.98 Å². The van der Waals surface area contributed by atoms with E-state index in [9.17, 15) is 8.78 Å². The molecule has 0 aliphatic carbocycles. The van der Waals surface area contributed by atoms with Crippen LogP contribution in [-0.2, 0) is 0 Å². The maximum Gasteiger partial charge on any atom is 0.263 e. The molecule has 0 saturated heterocycles. The first-order chi connectivity index (χ1) is 6.66. The Balaban J connectivity index is 0.00000112. The first-order valence-corrected chi connectivity index (χ1v) is 4.10. The van der Waals surface area contributed by atoms with Crippen molar-refractivity contribution in [1.82, 2.24) is 4.98 Å². The quantitative estimate of drug-likeness (QED) is 0.817. The van der Waals surface area contributed by atoms with E-state index in [0.717, 1.165) is 0 Å². The lowest BCUT2D eigenvalue weighted by Gasteiger charge is -2.02. The number of pyridine rings is 1. The molecule has 0 amide bonds. The van der Waals surface area contributed by atoms with Crippen LogP contribution < -0.4 is 5.73 Å². The number of aromatic nitrogens is 1. The number of fused-ring (bicyclic) bond motifs is 1. The number of benzene rings is 1. The summed E-state index contributed by atoms with van der Waals surface area (Å²) in [6.45, 7) is 0. The highest BCUT2D eigenvalue weighted by Gasteiger charge is 2.07. The van der Waals surface area contributed by atoms with Gasteiger partial charge in [-0.25, -0.2) is 8.78 Å². The summed E-state index contributed by atoms with van der Waals surface area (Å²) in [5, 5.41) is 0.641. The summed E-state index contributed by atoms with van der Waals surface area (Å²) in [7, 11) is 0.